The molecule has 0 aliphatic heterocycles. The van der Waals surface area contributed by atoms with Gasteiger partial charge in [0.15, 0.2) is 5.65 Å². The van der Waals surface area contributed by atoms with Gasteiger partial charge < -0.3 is 15.7 Å². The van der Waals surface area contributed by atoms with Gasteiger partial charge in [-0.3, -0.25) is 9.78 Å². The number of hydrogen-bond donors (Lipinski definition) is 3. The fourth-order valence-electron chi connectivity index (χ4n) is 3.81. The normalized spacial score (nSPS) is 19.1. The molecule has 0 spiro atoms. The van der Waals surface area contributed by atoms with Crippen LogP contribution >= 0.6 is 0 Å². The van der Waals surface area contributed by atoms with Crippen molar-refractivity contribution in [3.8, 4) is 17.5 Å². The molecule has 3 N–H and O–H groups in total. The molecule has 3 atom stereocenters. The monoisotopic (exact) mass is 469 g/mol. The summed E-state index contributed by atoms with van der Waals surface area (Å²) in [7, 11) is 0. The standard InChI is InChI=1S/C23H25F2N7O2/c1-23(2,34)20(25)12-29-22(33)16-10-27-18(7-17(16)31-15-4-3-14(24)6-15)19-11-28-21-5-13(8-26)9-30-32(19)21/h5,7,9-11,14-15,20,34H,3-4,6,12H2,1-2H3,(H,27,31)(H,29,33). The van der Waals surface area contributed by atoms with E-state index in [1.54, 1.807) is 18.3 Å². The van der Waals surface area contributed by atoms with Gasteiger partial charge in [0, 0.05) is 18.3 Å². The van der Waals surface area contributed by atoms with E-state index in [1.807, 2.05) is 6.07 Å². The molecule has 0 radical (unpaired) electrons. The lowest BCUT2D eigenvalue weighted by Gasteiger charge is -2.23. The number of pyridine rings is 1. The highest BCUT2D eigenvalue weighted by Gasteiger charge is 2.29. The van der Waals surface area contributed by atoms with E-state index in [0.29, 0.717) is 47.5 Å². The van der Waals surface area contributed by atoms with Crippen molar-refractivity contribution in [2.24, 2.45) is 0 Å². The number of amides is 1. The summed E-state index contributed by atoms with van der Waals surface area (Å²) in [6.45, 7) is 2.27. The zero-order valence-corrected chi connectivity index (χ0v) is 18.8. The number of imidazole rings is 1. The zero-order valence-electron chi connectivity index (χ0n) is 18.8. The lowest BCUT2D eigenvalue weighted by atomic mass is 10.0. The second-order valence-electron chi connectivity index (χ2n) is 8.97. The molecule has 9 nitrogen and oxygen atoms in total. The molecular weight excluding hydrogens is 444 g/mol. The van der Waals surface area contributed by atoms with Crippen LogP contribution in [0.2, 0.25) is 0 Å². The van der Waals surface area contributed by atoms with Crippen LogP contribution in [-0.2, 0) is 0 Å². The van der Waals surface area contributed by atoms with E-state index in [2.05, 4.69) is 25.7 Å². The minimum Gasteiger partial charge on any atom is -0.387 e. The fourth-order valence-corrected chi connectivity index (χ4v) is 3.81. The first-order valence-corrected chi connectivity index (χ1v) is 10.9. The second-order valence-corrected chi connectivity index (χ2v) is 8.97. The number of nitriles is 1. The number of aromatic nitrogens is 4. The quantitative estimate of drug-likeness (QED) is 0.485. The second kappa shape index (κ2) is 9.30. The number of carbonyl (C=O) groups excluding carboxylic acids is 1. The van der Waals surface area contributed by atoms with Crippen molar-refractivity contribution in [3.63, 3.8) is 0 Å². The topological polar surface area (TPSA) is 128 Å². The number of nitrogens with one attached hydrogen (secondary N) is 2. The molecule has 3 heterocycles. The van der Waals surface area contributed by atoms with Crippen LogP contribution in [0.25, 0.3) is 17.0 Å². The first-order valence-electron chi connectivity index (χ1n) is 10.9. The third-order valence-electron chi connectivity index (χ3n) is 5.84. The molecule has 0 aromatic carbocycles. The smallest absolute Gasteiger partial charge is 0.255 e. The SMILES string of the molecule is CC(C)(O)C(F)CNC(=O)c1cnc(-c2cnc3cc(C#N)cnn23)cc1NC1CCC(F)C1. The van der Waals surface area contributed by atoms with Gasteiger partial charge in [0.25, 0.3) is 5.91 Å². The summed E-state index contributed by atoms with van der Waals surface area (Å²) in [6, 6.07) is 5.08. The Morgan fingerprint density at radius 3 is 2.79 bits per heavy atom. The number of halogens is 2. The van der Waals surface area contributed by atoms with E-state index in [9.17, 15) is 18.7 Å². The first-order chi connectivity index (χ1) is 16.2. The molecule has 3 aromatic heterocycles. The summed E-state index contributed by atoms with van der Waals surface area (Å²) < 4.78 is 29.4. The van der Waals surface area contributed by atoms with Gasteiger partial charge in [-0.25, -0.2) is 18.3 Å². The molecule has 4 rings (SSSR count). The lowest BCUT2D eigenvalue weighted by molar-refractivity contribution is -0.00177. The number of fused-ring (bicyclic) bond motifs is 1. The largest absolute Gasteiger partial charge is 0.387 e. The van der Waals surface area contributed by atoms with Gasteiger partial charge in [0.2, 0.25) is 0 Å². The van der Waals surface area contributed by atoms with Crippen LogP contribution in [0.5, 0.6) is 0 Å². The summed E-state index contributed by atoms with van der Waals surface area (Å²) in [6.07, 6.45) is 3.11. The van der Waals surface area contributed by atoms with Gasteiger partial charge in [0.05, 0.1) is 47.0 Å². The Hall–Kier alpha value is -3.65. The van der Waals surface area contributed by atoms with Crippen molar-refractivity contribution in [2.45, 2.75) is 57.1 Å². The Labute approximate surface area is 194 Å². The molecule has 3 aromatic rings. The Kier molecular flexibility index (Phi) is 6.43. The predicted molar refractivity (Wildman–Crippen MR) is 121 cm³/mol. The maximum atomic E-state index is 14.1. The molecule has 0 bridgehead atoms. The summed E-state index contributed by atoms with van der Waals surface area (Å²) in [5.41, 5.74) is 0.813. The Balaban J connectivity index is 1.66. The first kappa shape index (κ1) is 23.5. The third-order valence-corrected chi connectivity index (χ3v) is 5.84. The van der Waals surface area contributed by atoms with Crippen LogP contribution < -0.4 is 10.6 Å². The molecular formula is C23H25F2N7O2. The van der Waals surface area contributed by atoms with E-state index in [4.69, 9.17) is 5.26 Å². The van der Waals surface area contributed by atoms with Crippen LogP contribution in [0, 0.1) is 11.3 Å². The minimum atomic E-state index is -1.66. The average Bonchev–Trinajstić information content (AvgIpc) is 3.41. The highest BCUT2D eigenvalue weighted by Crippen LogP contribution is 2.29. The Bertz CT molecular complexity index is 1250. The van der Waals surface area contributed by atoms with Crippen LogP contribution in [0.4, 0.5) is 14.5 Å². The number of anilines is 1. The Morgan fingerprint density at radius 2 is 2.12 bits per heavy atom. The van der Waals surface area contributed by atoms with E-state index in [1.165, 1.54) is 30.8 Å². The maximum absolute atomic E-state index is 14.1. The zero-order chi connectivity index (χ0) is 24.5. The van der Waals surface area contributed by atoms with Crippen molar-refractivity contribution in [2.75, 3.05) is 11.9 Å². The van der Waals surface area contributed by atoms with Gasteiger partial charge in [-0.2, -0.15) is 10.4 Å². The number of aliphatic hydroxyl groups is 1. The third kappa shape index (κ3) is 4.97. The fraction of sp³-hybridized carbons (Fsp3) is 0.435. The highest BCUT2D eigenvalue weighted by molar-refractivity contribution is 6.00. The van der Waals surface area contributed by atoms with Gasteiger partial charge in [-0.1, -0.05) is 0 Å². The number of hydrogen-bond acceptors (Lipinski definition) is 7. The van der Waals surface area contributed by atoms with Crippen LogP contribution in [0.3, 0.4) is 0 Å². The van der Waals surface area contributed by atoms with Crippen LogP contribution in [0.15, 0.2) is 30.7 Å². The van der Waals surface area contributed by atoms with E-state index >= 15 is 0 Å². The average molecular weight is 469 g/mol. The predicted octanol–water partition coefficient (Wildman–Crippen LogP) is 2.80. The van der Waals surface area contributed by atoms with Crippen molar-refractivity contribution in [1.29, 1.82) is 5.26 Å². The van der Waals surface area contributed by atoms with E-state index in [0.717, 1.165) is 0 Å². The minimum absolute atomic E-state index is 0.166. The molecule has 11 heteroatoms. The van der Waals surface area contributed by atoms with Crippen molar-refractivity contribution in [3.05, 3.63) is 41.9 Å². The Morgan fingerprint density at radius 1 is 1.32 bits per heavy atom. The molecule has 1 aliphatic carbocycles. The van der Waals surface area contributed by atoms with Crippen molar-refractivity contribution in [1.82, 2.24) is 24.9 Å². The molecule has 1 amide bonds. The molecule has 1 aliphatic rings. The van der Waals surface area contributed by atoms with Crippen LogP contribution in [0.1, 0.15) is 49.0 Å². The van der Waals surface area contributed by atoms with Crippen molar-refractivity contribution < 1.29 is 18.7 Å². The maximum Gasteiger partial charge on any atom is 0.255 e. The number of nitrogens with zero attached hydrogens (tertiary/aromatic N) is 5. The summed E-state index contributed by atoms with van der Waals surface area (Å²) in [5.74, 6) is -0.571. The number of alkyl halides is 2. The molecule has 34 heavy (non-hydrogen) atoms. The van der Waals surface area contributed by atoms with E-state index in [-0.39, 0.29) is 18.2 Å². The molecule has 0 saturated heterocycles. The summed E-state index contributed by atoms with van der Waals surface area (Å²) >= 11 is 0. The van der Waals surface area contributed by atoms with Gasteiger partial charge >= 0.3 is 0 Å². The van der Waals surface area contributed by atoms with Gasteiger partial charge in [-0.15, -0.1) is 0 Å². The molecule has 1 fully saturated rings. The van der Waals surface area contributed by atoms with Crippen molar-refractivity contribution >= 4 is 17.2 Å². The number of carbonyl (C=O) groups is 1. The highest BCUT2D eigenvalue weighted by atomic mass is 19.1. The molecule has 178 valence electrons. The van der Waals surface area contributed by atoms with Gasteiger partial charge in [0.1, 0.15) is 24.1 Å². The molecule has 1 saturated carbocycles. The van der Waals surface area contributed by atoms with Crippen LogP contribution in [-0.4, -0.2) is 61.1 Å². The molecule has 3 unspecified atom stereocenters. The summed E-state index contributed by atoms with van der Waals surface area (Å²) in [5, 5.41) is 28.8. The van der Waals surface area contributed by atoms with E-state index < -0.39 is 23.9 Å². The lowest BCUT2D eigenvalue weighted by Crippen LogP contribution is -2.42. The number of rotatable bonds is 7. The van der Waals surface area contributed by atoms with Gasteiger partial charge in [-0.05, 0) is 39.2 Å². The summed E-state index contributed by atoms with van der Waals surface area (Å²) in [4.78, 5) is 21.5.